The second-order valence-corrected chi connectivity index (χ2v) is 11.3. The van der Waals surface area contributed by atoms with E-state index in [0.29, 0.717) is 17.4 Å². The molecule has 1 saturated heterocycles. The molecule has 1 aliphatic heterocycles. The fourth-order valence-electron chi connectivity index (χ4n) is 4.24. The van der Waals surface area contributed by atoms with Gasteiger partial charge in [-0.05, 0) is 74.0 Å². The molecule has 0 spiro atoms. The molecule has 2 aromatic heterocycles. The zero-order chi connectivity index (χ0) is 24.8. The third kappa shape index (κ3) is 4.81. The molecule has 3 heterocycles. The van der Waals surface area contributed by atoms with Crippen LogP contribution in [0.2, 0.25) is 10.0 Å². The van der Waals surface area contributed by atoms with Gasteiger partial charge in [0.25, 0.3) is 4.90 Å². The average molecular weight is 524 g/mol. The van der Waals surface area contributed by atoms with Crippen molar-refractivity contribution in [1.29, 1.82) is 0 Å². The lowest BCUT2D eigenvalue weighted by molar-refractivity contribution is 0.315. The maximum absolute atomic E-state index is 13.3. The van der Waals surface area contributed by atoms with Crippen LogP contribution in [0.1, 0.15) is 17.8 Å². The Balaban J connectivity index is 1.64. The van der Waals surface area contributed by atoms with Crippen molar-refractivity contribution >= 4 is 45.1 Å². The van der Waals surface area contributed by atoms with E-state index in [-0.39, 0.29) is 14.9 Å². The number of likely N-dealkylation sites (N-methyl/N-ethyl adjacent to an activating group) is 1. The molecule has 3 aromatic rings. The summed E-state index contributed by atoms with van der Waals surface area (Å²) in [5.74, 6) is 0.883. The highest BCUT2D eigenvalue weighted by atomic mass is 35.5. The van der Waals surface area contributed by atoms with Gasteiger partial charge in [-0.2, -0.15) is 14.4 Å². The van der Waals surface area contributed by atoms with Crippen molar-refractivity contribution < 1.29 is 8.76 Å². The number of aryl methyl sites for hydroxylation is 2. The minimum Gasteiger partial charge on any atom is -0.355 e. The van der Waals surface area contributed by atoms with Gasteiger partial charge in [0.15, 0.2) is 0 Å². The molecule has 0 aliphatic carbocycles. The first kappa shape index (κ1) is 24.9. The van der Waals surface area contributed by atoms with Crippen molar-refractivity contribution in [1.82, 2.24) is 19.7 Å². The van der Waals surface area contributed by atoms with Crippen LogP contribution >= 0.6 is 23.2 Å². The highest BCUT2D eigenvalue weighted by Crippen LogP contribution is 2.39. The van der Waals surface area contributed by atoms with Gasteiger partial charge in [-0.3, -0.25) is 4.68 Å². The van der Waals surface area contributed by atoms with E-state index >= 15 is 0 Å². The Labute approximate surface area is 211 Å². The summed E-state index contributed by atoms with van der Waals surface area (Å²) in [6.07, 6.45) is 2.84. The summed E-state index contributed by atoms with van der Waals surface area (Å²) < 4.78 is 28.5. The third-order valence-electron chi connectivity index (χ3n) is 6.32. The zero-order valence-corrected chi connectivity index (χ0v) is 22.2. The minimum absolute atomic E-state index is 0.0510. The predicted octanol–water partition coefficient (Wildman–Crippen LogP) is 4.90. The van der Waals surface area contributed by atoms with E-state index < -0.39 is 10.4 Å². The topological polar surface area (TPSA) is 86.5 Å². The second-order valence-electron chi connectivity index (χ2n) is 8.82. The molecule has 4 rings (SSSR count). The number of nitrogens with zero attached hydrogens (tertiary/aromatic N) is 5. The first-order chi connectivity index (χ1) is 16.0. The van der Waals surface area contributed by atoms with Crippen LogP contribution in [0.15, 0.2) is 35.4 Å². The van der Waals surface area contributed by atoms with E-state index in [1.54, 1.807) is 37.0 Å². The number of rotatable bonds is 6. The number of nitrogens with one attached hydrogen (secondary N) is 1. The van der Waals surface area contributed by atoms with Crippen LogP contribution in [0.5, 0.6) is 0 Å². The number of halogens is 2. The van der Waals surface area contributed by atoms with Gasteiger partial charge in [-0.15, -0.1) is 0 Å². The van der Waals surface area contributed by atoms with Crippen molar-refractivity contribution in [3.63, 3.8) is 0 Å². The van der Waals surface area contributed by atoms with Gasteiger partial charge < -0.3 is 9.80 Å². The molecule has 1 fully saturated rings. The second kappa shape index (κ2) is 9.47. The van der Waals surface area contributed by atoms with Gasteiger partial charge in [0.05, 0.1) is 11.4 Å². The number of anilines is 2. The highest BCUT2D eigenvalue weighted by Gasteiger charge is 2.38. The molecule has 1 aliphatic rings. The smallest absolute Gasteiger partial charge is 0.349 e. The van der Waals surface area contributed by atoms with Gasteiger partial charge in [0, 0.05) is 32.4 Å². The lowest BCUT2D eigenvalue weighted by Gasteiger charge is -2.21. The predicted molar refractivity (Wildman–Crippen MR) is 139 cm³/mol. The standard InChI is InChI=1S/C23H28Cl2N6O2S/c1-14-22(15(2)30(5)27-14)28-34(32,33)23-19(24)10-17(11-20(23)25)16-6-8-26-21(12-16)31-9-7-18(13-31)29(3)4/h6,8,10-12,18H,7,9,13H2,1-5H3,(H-,28,32,33)/p+1. The normalized spacial score (nSPS) is 17.9. The SMILES string of the molecule is Cc1nn(C)c(C)c1N[S+](=O)(O)c1c(Cl)cc(-c2ccnc(N3CCC(N(C)C)C3)c2)cc1Cl. The summed E-state index contributed by atoms with van der Waals surface area (Å²) >= 11 is 13.0. The summed E-state index contributed by atoms with van der Waals surface area (Å²) in [5.41, 5.74) is 3.44. The first-order valence-electron chi connectivity index (χ1n) is 10.9. The van der Waals surface area contributed by atoms with E-state index in [9.17, 15) is 8.76 Å². The molecule has 2 unspecified atom stereocenters. The molecular formula is C23H29Cl2N6O2S+. The van der Waals surface area contributed by atoms with Crippen molar-refractivity contribution in [3.8, 4) is 11.1 Å². The first-order valence-corrected chi connectivity index (χ1v) is 13.2. The summed E-state index contributed by atoms with van der Waals surface area (Å²) in [7, 11) is 2.17. The van der Waals surface area contributed by atoms with Gasteiger partial charge in [0.2, 0.25) is 0 Å². The van der Waals surface area contributed by atoms with Crippen molar-refractivity contribution in [2.75, 3.05) is 36.8 Å². The molecule has 11 heteroatoms. The Kier molecular flexibility index (Phi) is 6.94. The third-order valence-corrected chi connectivity index (χ3v) is 8.62. The summed E-state index contributed by atoms with van der Waals surface area (Å²) in [4.78, 5) is 8.99. The Morgan fingerprint density at radius 1 is 1.18 bits per heavy atom. The molecule has 8 nitrogen and oxygen atoms in total. The van der Waals surface area contributed by atoms with E-state index in [4.69, 9.17) is 23.2 Å². The number of hydrogen-bond acceptors (Lipinski definition) is 5. The molecule has 182 valence electrons. The Hall–Kier alpha value is -2.17. The minimum atomic E-state index is -3.78. The van der Waals surface area contributed by atoms with Crippen LogP contribution in [-0.2, 0) is 21.7 Å². The lowest BCUT2D eigenvalue weighted by atomic mass is 10.1. The van der Waals surface area contributed by atoms with Crippen LogP contribution in [0.25, 0.3) is 11.1 Å². The Morgan fingerprint density at radius 3 is 2.41 bits per heavy atom. The largest absolute Gasteiger partial charge is 0.355 e. The molecule has 0 bridgehead atoms. The number of pyridine rings is 1. The van der Waals surface area contributed by atoms with Crippen molar-refractivity contribution in [2.24, 2.45) is 7.05 Å². The van der Waals surface area contributed by atoms with Crippen LogP contribution in [0, 0.1) is 13.8 Å². The van der Waals surface area contributed by atoms with Crippen molar-refractivity contribution in [2.45, 2.75) is 31.2 Å². The number of benzene rings is 1. The lowest BCUT2D eigenvalue weighted by Crippen LogP contribution is -2.31. The fraction of sp³-hybridized carbons (Fsp3) is 0.391. The number of aromatic nitrogens is 3. The molecule has 0 radical (unpaired) electrons. The van der Waals surface area contributed by atoms with E-state index in [1.165, 1.54) is 0 Å². The summed E-state index contributed by atoms with van der Waals surface area (Å²) in [6, 6.07) is 7.69. The Bertz CT molecular complexity index is 1260. The maximum Gasteiger partial charge on any atom is 0.349 e. The van der Waals surface area contributed by atoms with Crippen LogP contribution in [0.3, 0.4) is 0 Å². The van der Waals surface area contributed by atoms with E-state index in [1.807, 2.05) is 19.1 Å². The van der Waals surface area contributed by atoms with Crippen LogP contribution in [-0.4, -0.2) is 57.4 Å². The van der Waals surface area contributed by atoms with Crippen molar-refractivity contribution in [3.05, 3.63) is 51.9 Å². The number of hydrogen-bond donors (Lipinski definition) is 2. The molecule has 2 atom stereocenters. The zero-order valence-electron chi connectivity index (χ0n) is 19.8. The van der Waals surface area contributed by atoms with Gasteiger partial charge >= 0.3 is 10.4 Å². The Morgan fingerprint density at radius 2 is 1.85 bits per heavy atom. The molecule has 2 N–H and O–H groups in total. The maximum atomic E-state index is 13.3. The van der Waals surface area contributed by atoms with E-state index in [2.05, 4.69) is 38.7 Å². The molecule has 0 amide bonds. The molecule has 34 heavy (non-hydrogen) atoms. The average Bonchev–Trinajstić information content (AvgIpc) is 3.35. The summed E-state index contributed by atoms with van der Waals surface area (Å²) in [6.45, 7) is 5.42. The molecular weight excluding hydrogens is 495 g/mol. The quantitative estimate of drug-likeness (QED) is 0.446. The van der Waals surface area contributed by atoms with Gasteiger partial charge in [-0.1, -0.05) is 23.2 Å². The van der Waals surface area contributed by atoms with Gasteiger partial charge in [-0.25, -0.2) is 4.98 Å². The monoisotopic (exact) mass is 523 g/mol. The molecule has 1 aromatic carbocycles. The van der Waals surface area contributed by atoms with Crippen LogP contribution < -0.4 is 9.62 Å². The van der Waals surface area contributed by atoms with E-state index in [0.717, 1.165) is 42.1 Å². The van der Waals surface area contributed by atoms with Crippen LogP contribution in [0.4, 0.5) is 11.5 Å². The van der Waals surface area contributed by atoms with Gasteiger partial charge in [0.1, 0.15) is 21.6 Å². The fourth-order valence-corrected chi connectivity index (χ4v) is 6.68. The molecule has 0 saturated carbocycles. The highest BCUT2D eigenvalue weighted by molar-refractivity contribution is 7.99. The summed E-state index contributed by atoms with van der Waals surface area (Å²) in [5, 5.41) is 4.49.